The van der Waals surface area contributed by atoms with Gasteiger partial charge in [-0.05, 0) is 36.4 Å². The van der Waals surface area contributed by atoms with Gasteiger partial charge < -0.3 is 4.42 Å². The standard InChI is InChI=1S/C16H16N2O5S/c1-17(11-13-3-2-10-23-13)24(21,22)14-6-4-12(5-7-14)18-15(19)8-9-16(18)20/h2-7,10H,8-9,11H2,1H3. The molecule has 0 atom stereocenters. The van der Waals surface area contributed by atoms with Crippen molar-refractivity contribution < 1.29 is 22.4 Å². The molecule has 1 fully saturated rings. The molecule has 0 bridgehead atoms. The van der Waals surface area contributed by atoms with Crippen LogP contribution in [0, 0.1) is 0 Å². The largest absolute Gasteiger partial charge is 0.468 e. The summed E-state index contributed by atoms with van der Waals surface area (Å²) in [7, 11) is -2.24. The maximum Gasteiger partial charge on any atom is 0.243 e. The van der Waals surface area contributed by atoms with Crippen LogP contribution >= 0.6 is 0 Å². The predicted molar refractivity (Wildman–Crippen MR) is 85.5 cm³/mol. The number of rotatable bonds is 5. The number of hydrogen-bond donors (Lipinski definition) is 0. The Bertz CT molecular complexity index is 840. The second-order valence-electron chi connectivity index (χ2n) is 5.46. The average Bonchev–Trinajstić information content (AvgIpc) is 3.17. The summed E-state index contributed by atoms with van der Waals surface area (Å²) in [6.07, 6.45) is 1.85. The summed E-state index contributed by atoms with van der Waals surface area (Å²) >= 11 is 0. The summed E-state index contributed by atoms with van der Waals surface area (Å²) in [5.41, 5.74) is 0.384. The first-order valence-electron chi connectivity index (χ1n) is 7.34. The first-order valence-corrected chi connectivity index (χ1v) is 8.78. The summed E-state index contributed by atoms with van der Waals surface area (Å²) < 4.78 is 31.4. The molecule has 8 heteroatoms. The third-order valence-corrected chi connectivity index (χ3v) is 5.63. The minimum atomic E-state index is -3.70. The molecule has 0 spiro atoms. The van der Waals surface area contributed by atoms with Crippen LogP contribution < -0.4 is 4.90 Å². The van der Waals surface area contributed by atoms with Gasteiger partial charge in [-0.3, -0.25) is 14.5 Å². The summed E-state index contributed by atoms with van der Waals surface area (Å²) in [6, 6.07) is 9.10. The Morgan fingerprint density at radius 1 is 1.08 bits per heavy atom. The predicted octanol–water partition coefficient (Wildman–Crippen LogP) is 1.75. The lowest BCUT2D eigenvalue weighted by Gasteiger charge is -2.17. The Morgan fingerprint density at radius 2 is 1.71 bits per heavy atom. The van der Waals surface area contributed by atoms with Crippen molar-refractivity contribution in [2.75, 3.05) is 11.9 Å². The number of carbonyl (C=O) groups excluding carboxylic acids is 2. The number of imide groups is 1. The lowest BCUT2D eigenvalue weighted by atomic mass is 10.3. The maximum atomic E-state index is 12.6. The number of benzene rings is 1. The molecule has 2 amide bonds. The molecule has 24 heavy (non-hydrogen) atoms. The number of hydrogen-bond acceptors (Lipinski definition) is 5. The van der Waals surface area contributed by atoms with Gasteiger partial charge >= 0.3 is 0 Å². The Hall–Kier alpha value is -2.45. The van der Waals surface area contributed by atoms with Gasteiger partial charge in [-0.25, -0.2) is 8.42 Å². The number of furan rings is 1. The molecule has 126 valence electrons. The van der Waals surface area contributed by atoms with Crippen molar-refractivity contribution >= 4 is 27.5 Å². The highest BCUT2D eigenvalue weighted by Crippen LogP contribution is 2.25. The highest BCUT2D eigenvalue weighted by molar-refractivity contribution is 7.89. The molecule has 1 aromatic carbocycles. The zero-order chi connectivity index (χ0) is 17.3. The fourth-order valence-corrected chi connectivity index (χ4v) is 3.66. The number of amides is 2. The number of sulfonamides is 1. The van der Waals surface area contributed by atoms with E-state index in [-0.39, 0.29) is 36.1 Å². The normalized spacial score (nSPS) is 15.5. The van der Waals surface area contributed by atoms with Gasteiger partial charge in [0.1, 0.15) is 5.76 Å². The van der Waals surface area contributed by atoms with E-state index in [4.69, 9.17) is 4.42 Å². The number of anilines is 1. The van der Waals surface area contributed by atoms with E-state index in [1.165, 1.54) is 41.9 Å². The Balaban J connectivity index is 1.81. The minimum Gasteiger partial charge on any atom is -0.468 e. The molecule has 3 rings (SSSR count). The summed E-state index contributed by atoms with van der Waals surface area (Å²) in [5.74, 6) is -0.0120. The van der Waals surface area contributed by atoms with Gasteiger partial charge in [-0.1, -0.05) is 0 Å². The van der Waals surface area contributed by atoms with Crippen molar-refractivity contribution in [3.63, 3.8) is 0 Å². The zero-order valence-corrected chi connectivity index (χ0v) is 13.8. The van der Waals surface area contributed by atoms with E-state index in [1.54, 1.807) is 12.1 Å². The minimum absolute atomic E-state index is 0.0828. The van der Waals surface area contributed by atoms with Crippen LogP contribution in [0.4, 0.5) is 5.69 Å². The molecule has 0 radical (unpaired) electrons. The summed E-state index contributed by atoms with van der Waals surface area (Å²) in [6.45, 7) is 0.111. The maximum absolute atomic E-state index is 12.6. The molecule has 0 unspecified atom stereocenters. The first kappa shape index (κ1) is 16.4. The van der Waals surface area contributed by atoms with Crippen molar-refractivity contribution in [1.29, 1.82) is 0 Å². The molecule has 1 aliphatic heterocycles. The van der Waals surface area contributed by atoms with E-state index in [0.29, 0.717) is 11.4 Å². The van der Waals surface area contributed by atoms with Crippen LogP contribution in [-0.4, -0.2) is 31.6 Å². The van der Waals surface area contributed by atoms with E-state index in [1.807, 2.05) is 0 Å². The molecule has 0 saturated carbocycles. The second-order valence-corrected chi connectivity index (χ2v) is 7.50. The zero-order valence-electron chi connectivity index (χ0n) is 13.0. The van der Waals surface area contributed by atoms with E-state index >= 15 is 0 Å². The van der Waals surface area contributed by atoms with Gasteiger partial charge in [0.15, 0.2) is 0 Å². The van der Waals surface area contributed by atoms with Gasteiger partial charge in [0, 0.05) is 19.9 Å². The van der Waals surface area contributed by atoms with Gasteiger partial charge in [0.05, 0.1) is 23.4 Å². The van der Waals surface area contributed by atoms with Crippen molar-refractivity contribution in [3.8, 4) is 0 Å². The fraction of sp³-hybridized carbons (Fsp3) is 0.250. The van der Waals surface area contributed by atoms with Crippen molar-refractivity contribution in [1.82, 2.24) is 4.31 Å². The fourth-order valence-electron chi connectivity index (χ4n) is 2.52. The summed E-state index contributed by atoms with van der Waals surface area (Å²) in [4.78, 5) is 24.6. The lowest BCUT2D eigenvalue weighted by molar-refractivity contribution is -0.121. The molecule has 1 aliphatic rings. The molecular weight excluding hydrogens is 332 g/mol. The van der Waals surface area contributed by atoms with Gasteiger partial charge in [0.2, 0.25) is 21.8 Å². The SMILES string of the molecule is CN(Cc1ccco1)S(=O)(=O)c1ccc(N2C(=O)CCC2=O)cc1. The van der Waals surface area contributed by atoms with Crippen LogP contribution in [0.3, 0.4) is 0 Å². The average molecular weight is 348 g/mol. The molecule has 7 nitrogen and oxygen atoms in total. The van der Waals surface area contributed by atoms with Crippen LogP contribution in [0.1, 0.15) is 18.6 Å². The van der Waals surface area contributed by atoms with Crippen LogP contribution in [-0.2, 0) is 26.2 Å². The van der Waals surface area contributed by atoms with Crippen LogP contribution in [0.2, 0.25) is 0 Å². The molecule has 2 aromatic rings. The van der Waals surface area contributed by atoms with Crippen LogP contribution in [0.25, 0.3) is 0 Å². The molecule has 2 heterocycles. The van der Waals surface area contributed by atoms with Crippen LogP contribution in [0.5, 0.6) is 0 Å². The molecular formula is C16H16N2O5S. The van der Waals surface area contributed by atoms with E-state index in [2.05, 4.69) is 0 Å². The third kappa shape index (κ3) is 2.98. The Labute approximate surface area is 139 Å². The number of carbonyl (C=O) groups is 2. The first-order chi connectivity index (χ1) is 11.4. The molecule has 0 N–H and O–H groups in total. The van der Waals surface area contributed by atoms with E-state index in [0.717, 1.165) is 4.90 Å². The van der Waals surface area contributed by atoms with Crippen molar-refractivity contribution in [2.24, 2.45) is 0 Å². The molecule has 0 aliphatic carbocycles. The van der Waals surface area contributed by atoms with Crippen molar-refractivity contribution in [2.45, 2.75) is 24.3 Å². The van der Waals surface area contributed by atoms with E-state index < -0.39 is 10.0 Å². The molecule has 1 aromatic heterocycles. The Morgan fingerprint density at radius 3 is 2.25 bits per heavy atom. The Kier molecular flexibility index (Phi) is 4.25. The van der Waals surface area contributed by atoms with Crippen molar-refractivity contribution in [3.05, 3.63) is 48.4 Å². The number of nitrogens with zero attached hydrogens (tertiary/aromatic N) is 2. The lowest BCUT2D eigenvalue weighted by Crippen LogP contribution is -2.29. The van der Waals surface area contributed by atoms with Gasteiger partial charge in [-0.15, -0.1) is 0 Å². The summed E-state index contributed by atoms with van der Waals surface area (Å²) in [5, 5.41) is 0. The monoisotopic (exact) mass is 348 g/mol. The smallest absolute Gasteiger partial charge is 0.243 e. The van der Waals surface area contributed by atoms with Crippen LogP contribution in [0.15, 0.2) is 52.0 Å². The van der Waals surface area contributed by atoms with Gasteiger partial charge in [0.25, 0.3) is 0 Å². The second kappa shape index (κ2) is 6.21. The van der Waals surface area contributed by atoms with Gasteiger partial charge in [-0.2, -0.15) is 4.31 Å². The molecule has 1 saturated heterocycles. The topological polar surface area (TPSA) is 87.9 Å². The highest BCUT2D eigenvalue weighted by atomic mass is 32.2. The van der Waals surface area contributed by atoms with E-state index in [9.17, 15) is 18.0 Å². The third-order valence-electron chi connectivity index (χ3n) is 3.81. The highest BCUT2D eigenvalue weighted by Gasteiger charge is 2.30. The quantitative estimate of drug-likeness (QED) is 0.768.